The van der Waals surface area contributed by atoms with Crippen LogP contribution in [-0.2, 0) is 19.3 Å². The molecular weight excluding hydrogens is 616 g/mol. The summed E-state index contributed by atoms with van der Waals surface area (Å²) in [6, 6.07) is 7.24. The summed E-state index contributed by atoms with van der Waals surface area (Å²) in [5.41, 5.74) is 1.59. The molecule has 13 heteroatoms. The molecule has 3 rings (SSSR count). The van der Waals surface area contributed by atoms with Gasteiger partial charge in [-0.25, -0.2) is 8.42 Å². The van der Waals surface area contributed by atoms with Crippen LogP contribution in [0, 0.1) is 0 Å². The molecule has 12 nitrogen and oxygen atoms in total. The monoisotopic (exact) mass is 668 g/mol. The van der Waals surface area contributed by atoms with Gasteiger partial charge in [-0.1, -0.05) is 20.3 Å². The van der Waals surface area contributed by atoms with Crippen molar-refractivity contribution in [1.82, 2.24) is 10.4 Å². The van der Waals surface area contributed by atoms with Gasteiger partial charge in [0.15, 0.2) is 32.8 Å². The lowest BCUT2D eigenvalue weighted by Gasteiger charge is -2.21. The Morgan fingerprint density at radius 2 is 1.50 bits per heavy atom. The average Bonchev–Trinajstić information content (AvgIpc) is 3.55. The second kappa shape index (κ2) is 19.1. The molecule has 0 aromatic heterocycles. The summed E-state index contributed by atoms with van der Waals surface area (Å²) in [7, 11) is 1.06. The summed E-state index contributed by atoms with van der Waals surface area (Å²) >= 11 is 0. The van der Waals surface area contributed by atoms with Gasteiger partial charge in [0.1, 0.15) is 11.6 Å². The Hall–Kier alpha value is -2.81. The van der Waals surface area contributed by atoms with E-state index in [1.165, 1.54) is 11.3 Å². The van der Waals surface area contributed by atoms with E-state index >= 15 is 0 Å². The first-order chi connectivity index (χ1) is 22.2. The van der Waals surface area contributed by atoms with E-state index in [1.807, 2.05) is 25.1 Å². The second-order valence-electron chi connectivity index (χ2n) is 11.2. The van der Waals surface area contributed by atoms with Crippen LogP contribution >= 0.6 is 0 Å². The minimum Gasteiger partial charge on any atom is -0.493 e. The van der Waals surface area contributed by atoms with E-state index in [9.17, 15) is 13.6 Å². The molecule has 0 spiro atoms. The smallest absolute Gasteiger partial charge is 0.203 e. The van der Waals surface area contributed by atoms with Crippen LogP contribution in [-0.4, -0.2) is 86.0 Å². The topological polar surface area (TPSA) is 134 Å². The van der Waals surface area contributed by atoms with E-state index < -0.39 is 9.84 Å². The molecule has 0 bridgehead atoms. The molecule has 2 N–H and O–H groups in total. The zero-order valence-electron chi connectivity index (χ0n) is 28.1. The molecule has 1 aliphatic rings. The predicted molar refractivity (Wildman–Crippen MR) is 174 cm³/mol. The Morgan fingerprint density at radius 1 is 0.848 bits per heavy atom. The number of rotatable bonds is 22. The molecule has 1 fully saturated rings. The van der Waals surface area contributed by atoms with Gasteiger partial charge in [0.05, 0.1) is 53.5 Å². The van der Waals surface area contributed by atoms with Crippen molar-refractivity contribution in [3.05, 3.63) is 35.4 Å². The molecule has 2 aromatic carbocycles. The Labute approximate surface area is 274 Å². The molecule has 1 heterocycles. The van der Waals surface area contributed by atoms with Crippen molar-refractivity contribution in [2.45, 2.75) is 75.9 Å². The highest BCUT2D eigenvalue weighted by Gasteiger charge is 2.32. The lowest BCUT2D eigenvalue weighted by atomic mass is 10.0. The number of sulfone groups is 1. The van der Waals surface area contributed by atoms with Gasteiger partial charge in [0.25, 0.3) is 0 Å². The third-order valence-electron chi connectivity index (χ3n) is 7.56. The van der Waals surface area contributed by atoms with E-state index in [0.29, 0.717) is 80.9 Å². The number of unbranched alkanes of at least 4 members (excludes halogenated alkanes) is 2. The van der Waals surface area contributed by atoms with Crippen LogP contribution in [0.1, 0.15) is 82.1 Å². The van der Waals surface area contributed by atoms with E-state index in [-0.39, 0.29) is 29.6 Å². The number of hydrogen-bond donors (Lipinski definition) is 2. The predicted octanol–water partition coefficient (Wildman–Crippen LogP) is 5.67. The van der Waals surface area contributed by atoms with Crippen molar-refractivity contribution in [3.8, 4) is 28.7 Å². The van der Waals surface area contributed by atoms with Gasteiger partial charge in [-0.05, 0) is 80.5 Å². The van der Waals surface area contributed by atoms with Gasteiger partial charge >= 0.3 is 0 Å². The third kappa shape index (κ3) is 10.9. The summed E-state index contributed by atoms with van der Waals surface area (Å²) in [5, 5.41) is 14.1. The molecule has 2 atom stereocenters. The zero-order chi connectivity index (χ0) is 33.5. The number of methoxy groups -OCH3 is 3. The van der Waals surface area contributed by atoms with E-state index in [4.69, 9.17) is 33.2 Å². The fourth-order valence-electron chi connectivity index (χ4n) is 5.16. The van der Waals surface area contributed by atoms with Crippen LogP contribution in [0.15, 0.2) is 29.2 Å². The molecule has 0 aliphatic carbocycles. The minimum atomic E-state index is -3.64. The molecule has 0 unspecified atom stereocenters. The second-order valence-corrected chi connectivity index (χ2v) is 13.2. The maximum Gasteiger partial charge on any atom is 0.203 e. The maximum atomic E-state index is 13.0. The molecule has 0 amide bonds. The van der Waals surface area contributed by atoms with Crippen LogP contribution < -0.4 is 29.0 Å². The first kappa shape index (κ1) is 37.6. The molecule has 0 radical (unpaired) electrons. The van der Waals surface area contributed by atoms with Gasteiger partial charge < -0.3 is 38.4 Å². The van der Waals surface area contributed by atoms with Crippen LogP contribution in [0.4, 0.5) is 0 Å². The van der Waals surface area contributed by atoms with Crippen molar-refractivity contribution in [1.29, 1.82) is 0 Å². The number of nitrogens with one attached hydrogen (secondary N) is 1. The third-order valence-corrected chi connectivity index (χ3v) is 8.67. The van der Waals surface area contributed by atoms with Crippen molar-refractivity contribution >= 4 is 9.84 Å². The van der Waals surface area contributed by atoms with Crippen LogP contribution in [0.25, 0.3) is 0 Å². The van der Waals surface area contributed by atoms with Gasteiger partial charge in [-0.3, -0.25) is 5.32 Å². The molecule has 2 aromatic rings. The number of benzene rings is 2. The van der Waals surface area contributed by atoms with Gasteiger partial charge in [-0.2, -0.15) is 5.06 Å². The van der Waals surface area contributed by atoms with Gasteiger partial charge in [0.2, 0.25) is 5.75 Å². The number of hydroxylamine groups is 2. The summed E-state index contributed by atoms with van der Waals surface area (Å²) in [5.74, 6) is 2.20. The standard InChI is InChI=1S/C33H52N2O10S/c1-7-9-15-35(36)23-42-22-34-14-10-11-17-43-30-20-25(21-31(46(6,37)38)33(30)44-16-8-2)27-13-12-26(45-27)24-18-28(39-3)32(41-5)29(19-24)40-4/h18-21,26-27,34,36H,7-17,22-23H2,1-6H3/t26-,27+/m1/s1. The summed E-state index contributed by atoms with van der Waals surface area (Å²) in [6.45, 7) is 6.54. The summed E-state index contributed by atoms with van der Waals surface area (Å²) < 4.78 is 66.5. The summed E-state index contributed by atoms with van der Waals surface area (Å²) in [4.78, 5) is 0.0870. The molecular formula is C33H52N2O10S. The van der Waals surface area contributed by atoms with E-state index in [1.54, 1.807) is 27.4 Å². The largest absolute Gasteiger partial charge is 0.493 e. The first-order valence-electron chi connectivity index (χ1n) is 16.0. The average molecular weight is 669 g/mol. The van der Waals surface area contributed by atoms with Crippen molar-refractivity contribution < 1.29 is 46.8 Å². The fourth-order valence-corrected chi connectivity index (χ4v) is 6.01. The molecule has 0 saturated carbocycles. The van der Waals surface area contributed by atoms with Crippen LogP contribution in [0.5, 0.6) is 28.7 Å². The molecule has 1 aliphatic heterocycles. The molecule has 260 valence electrons. The van der Waals surface area contributed by atoms with Crippen LogP contribution in [0.2, 0.25) is 0 Å². The van der Waals surface area contributed by atoms with Gasteiger partial charge in [-0.15, -0.1) is 0 Å². The highest BCUT2D eigenvalue weighted by Crippen LogP contribution is 2.48. The molecule has 1 saturated heterocycles. The Kier molecular flexibility index (Phi) is 15.6. The Balaban J connectivity index is 1.69. The van der Waals surface area contributed by atoms with Gasteiger partial charge in [0, 0.05) is 12.8 Å². The Morgan fingerprint density at radius 3 is 2.09 bits per heavy atom. The number of hydrogen-bond acceptors (Lipinski definition) is 12. The highest BCUT2D eigenvalue weighted by atomic mass is 32.2. The Bertz CT molecular complexity index is 1300. The normalized spacial score (nSPS) is 16.5. The zero-order valence-corrected chi connectivity index (χ0v) is 28.9. The lowest BCUT2D eigenvalue weighted by Crippen LogP contribution is -2.28. The quantitative estimate of drug-likeness (QED) is 0.0910. The lowest BCUT2D eigenvalue weighted by molar-refractivity contribution is -0.162. The van der Waals surface area contributed by atoms with Crippen molar-refractivity contribution in [2.75, 3.05) is 67.4 Å². The van der Waals surface area contributed by atoms with E-state index in [0.717, 1.165) is 31.2 Å². The first-order valence-corrected chi connectivity index (χ1v) is 17.9. The summed E-state index contributed by atoms with van der Waals surface area (Å²) in [6.07, 6.45) is 6.14. The fraction of sp³-hybridized carbons (Fsp3) is 0.636. The minimum absolute atomic E-state index is 0.0870. The SMILES string of the molecule is CCCCN(O)COCNCCCCOc1cc([C@@H]2CC[C@H](c3cc(OC)c(OC)c(OC)c3)O2)cc(S(C)(=O)=O)c1OCCC. The number of ether oxygens (including phenoxy) is 7. The molecule has 46 heavy (non-hydrogen) atoms. The van der Waals surface area contributed by atoms with E-state index in [2.05, 4.69) is 12.2 Å². The van der Waals surface area contributed by atoms with Crippen molar-refractivity contribution in [2.24, 2.45) is 0 Å². The maximum absolute atomic E-state index is 13.0. The highest BCUT2D eigenvalue weighted by molar-refractivity contribution is 7.90. The van der Waals surface area contributed by atoms with Crippen molar-refractivity contribution in [3.63, 3.8) is 0 Å². The number of nitrogens with zero attached hydrogens (tertiary/aromatic N) is 1. The van der Waals surface area contributed by atoms with Crippen LogP contribution in [0.3, 0.4) is 0 Å².